The highest BCUT2D eigenvalue weighted by Crippen LogP contribution is 2.34. The van der Waals surface area contributed by atoms with Crippen molar-refractivity contribution in [3.8, 4) is 5.75 Å². The fraction of sp³-hybridized carbons (Fsp3) is 0.0435. The van der Waals surface area contributed by atoms with Crippen molar-refractivity contribution < 1.29 is 19.6 Å². The summed E-state index contributed by atoms with van der Waals surface area (Å²) in [6.45, 7) is 1.86. The second-order valence-electron chi connectivity index (χ2n) is 6.87. The maximum Gasteiger partial charge on any atom is 0.265 e. The highest BCUT2D eigenvalue weighted by molar-refractivity contribution is 6.43. The zero-order valence-corrected chi connectivity index (χ0v) is 15.9. The van der Waals surface area contributed by atoms with E-state index in [2.05, 4.69) is 0 Å². The average molecular weight is 399 g/mol. The van der Waals surface area contributed by atoms with Crippen LogP contribution >= 0.6 is 0 Å². The standard InChI is InChI=1S/C23H16N2O5/c1-14-5-4-6-16(11-14)24-22(27)18-8-3-2-7-17(18)19(23(24)28)12-15-9-10-21(26)20(13-15)25(29)30/h2-13,26H,1H3/p-1/b19-12-. The number of anilines is 1. The molecule has 4 rings (SSSR count). The number of nitro benzene ring substituents is 1. The minimum atomic E-state index is -0.760. The molecule has 2 amide bonds. The molecule has 1 heterocycles. The number of hydrogen-bond acceptors (Lipinski definition) is 5. The molecule has 1 aliphatic rings. The van der Waals surface area contributed by atoms with Crippen LogP contribution in [-0.2, 0) is 4.79 Å². The summed E-state index contributed by atoms with van der Waals surface area (Å²) in [4.78, 5) is 37.9. The Morgan fingerprint density at radius 2 is 1.63 bits per heavy atom. The number of fused-ring (bicyclic) bond motifs is 1. The lowest BCUT2D eigenvalue weighted by atomic mass is 9.91. The number of aryl methyl sites for hydroxylation is 1. The Hall–Kier alpha value is -4.26. The number of nitrogens with zero attached hydrogens (tertiary/aromatic N) is 2. The van der Waals surface area contributed by atoms with Gasteiger partial charge in [0.05, 0.1) is 10.6 Å². The maximum atomic E-state index is 13.3. The first-order valence-electron chi connectivity index (χ1n) is 9.09. The topological polar surface area (TPSA) is 104 Å². The highest BCUT2D eigenvalue weighted by atomic mass is 16.6. The van der Waals surface area contributed by atoms with Crippen molar-refractivity contribution in [2.45, 2.75) is 6.92 Å². The third-order valence-electron chi connectivity index (χ3n) is 4.83. The van der Waals surface area contributed by atoms with E-state index >= 15 is 0 Å². The van der Waals surface area contributed by atoms with Crippen LogP contribution in [0.5, 0.6) is 5.75 Å². The fourth-order valence-electron chi connectivity index (χ4n) is 3.43. The number of rotatable bonds is 3. The molecule has 0 N–H and O–H groups in total. The molecule has 3 aromatic carbocycles. The molecule has 0 saturated carbocycles. The Labute approximate surface area is 171 Å². The number of carbonyl (C=O) groups is 2. The minimum absolute atomic E-state index is 0.208. The lowest BCUT2D eigenvalue weighted by molar-refractivity contribution is -0.398. The molecule has 0 atom stereocenters. The average Bonchev–Trinajstić information content (AvgIpc) is 2.72. The first-order valence-corrected chi connectivity index (χ1v) is 9.09. The van der Waals surface area contributed by atoms with E-state index < -0.39 is 28.2 Å². The van der Waals surface area contributed by atoms with Crippen LogP contribution in [0.1, 0.15) is 27.0 Å². The van der Waals surface area contributed by atoms with Gasteiger partial charge in [-0.3, -0.25) is 19.7 Å². The Bertz CT molecular complexity index is 1250. The van der Waals surface area contributed by atoms with E-state index in [0.717, 1.165) is 22.6 Å². The van der Waals surface area contributed by atoms with Crippen molar-refractivity contribution in [2.24, 2.45) is 0 Å². The number of benzene rings is 3. The number of nitro groups is 1. The molecule has 0 spiro atoms. The molecule has 148 valence electrons. The van der Waals surface area contributed by atoms with Gasteiger partial charge in [-0.05, 0) is 53.6 Å². The van der Waals surface area contributed by atoms with Gasteiger partial charge in [-0.2, -0.15) is 0 Å². The molecule has 7 nitrogen and oxygen atoms in total. The third-order valence-corrected chi connectivity index (χ3v) is 4.83. The minimum Gasteiger partial charge on any atom is -0.868 e. The molecule has 0 aliphatic carbocycles. The lowest BCUT2D eigenvalue weighted by Gasteiger charge is -2.29. The number of imide groups is 1. The zero-order chi connectivity index (χ0) is 21.4. The molecular formula is C23H15N2O5-. The van der Waals surface area contributed by atoms with Gasteiger partial charge in [0, 0.05) is 17.2 Å². The number of hydrogen-bond donors (Lipinski definition) is 0. The number of amides is 2. The molecule has 30 heavy (non-hydrogen) atoms. The van der Waals surface area contributed by atoms with E-state index in [-0.39, 0.29) is 5.57 Å². The van der Waals surface area contributed by atoms with Crippen molar-refractivity contribution in [3.05, 3.63) is 99.1 Å². The molecule has 1 aliphatic heterocycles. The lowest BCUT2D eigenvalue weighted by Crippen LogP contribution is -2.41. The Morgan fingerprint density at radius 3 is 2.33 bits per heavy atom. The first-order chi connectivity index (χ1) is 14.4. The Morgan fingerprint density at radius 1 is 0.900 bits per heavy atom. The smallest absolute Gasteiger partial charge is 0.265 e. The Balaban J connectivity index is 1.90. The molecule has 0 radical (unpaired) electrons. The van der Waals surface area contributed by atoms with Crippen LogP contribution in [-0.4, -0.2) is 16.7 Å². The van der Waals surface area contributed by atoms with E-state index in [9.17, 15) is 24.8 Å². The summed E-state index contributed by atoms with van der Waals surface area (Å²) >= 11 is 0. The van der Waals surface area contributed by atoms with Crippen LogP contribution < -0.4 is 10.0 Å². The van der Waals surface area contributed by atoms with Gasteiger partial charge in [0.25, 0.3) is 17.5 Å². The third kappa shape index (κ3) is 3.22. The van der Waals surface area contributed by atoms with Crippen LogP contribution in [0.2, 0.25) is 0 Å². The van der Waals surface area contributed by atoms with E-state index in [1.165, 1.54) is 12.1 Å². The van der Waals surface area contributed by atoms with Crippen molar-refractivity contribution in [1.82, 2.24) is 0 Å². The molecule has 0 saturated heterocycles. The van der Waals surface area contributed by atoms with E-state index in [0.29, 0.717) is 22.4 Å². The van der Waals surface area contributed by atoms with Crippen molar-refractivity contribution >= 4 is 34.8 Å². The Kier molecular flexibility index (Phi) is 4.63. The van der Waals surface area contributed by atoms with Gasteiger partial charge in [0.15, 0.2) is 0 Å². The second-order valence-corrected chi connectivity index (χ2v) is 6.87. The summed E-state index contributed by atoms with van der Waals surface area (Å²) < 4.78 is 0. The molecule has 0 unspecified atom stereocenters. The summed E-state index contributed by atoms with van der Waals surface area (Å²) in [5.41, 5.74) is 2.06. The number of carbonyl (C=O) groups excluding carboxylic acids is 2. The molecule has 0 fully saturated rings. The summed E-state index contributed by atoms with van der Waals surface area (Å²) in [6.07, 6.45) is 1.46. The summed E-state index contributed by atoms with van der Waals surface area (Å²) in [5, 5.41) is 22.8. The van der Waals surface area contributed by atoms with E-state index in [4.69, 9.17) is 0 Å². The van der Waals surface area contributed by atoms with Crippen LogP contribution in [0.25, 0.3) is 11.6 Å². The van der Waals surface area contributed by atoms with E-state index in [1.54, 1.807) is 42.5 Å². The SMILES string of the molecule is Cc1cccc(N2C(=O)/C(=C\c3ccc([O-])c([N+](=O)[O-])c3)c3ccccc3C2=O)c1. The van der Waals surface area contributed by atoms with Gasteiger partial charge in [0.2, 0.25) is 0 Å². The van der Waals surface area contributed by atoms with Gasteiger partial charge in [-0.1, -0.05) is 42.5 Å². The quantitative estimate of drug-likeness (QED) is 0.289. The molecule has 0 aromatic heterocycles. The van der Waals surface area contributed by atoms with Crippen molar-refractivity contribution in [3.63, 3.8) is 0 Å². The van der Waals surface area contributed by atoms with Crippen LogP contribution in [0, 0.1) is 17.0 Å². The monoisotopic (exact) mass is 399 g/mol. The van der Waals surface area contributed by atoms with Crippen molar-refractivity contribution in [1.29, 1.82) is 0 Å². The van der Waals surface area contributed by atoms with Gasteiger partial charge in [-0.25, -0.2) is 4.90 Å². The molecular weight excluding hydrogens is 384 g/mol. The van der Waals surface area contributed by atoms with Gasteiger partial charge < -0.3 is 5.11 Å². The normalized spacial score (nSPS) is 14.7. The first kappa shape index (κ1) is 19.1. The maximum absolute atomic E-state index is 13.3. The molecule has 0 bridgehead atoms. The van der Waals surface area contributed by atoms with E-state index in [1.807, 2.05) is 13.0 Å². The summed E-state index contributed by atoms with van der Waals surface area (Å²) in [7, 11) is 0. The van der Waals surface area contributed by atoms with Crippen LogP contribution in [0.3, 0.4) is 0 Å². The largest absolute Gasteiger partial charge is 0.868 e. The summed E-state index contributed by atoms with van der Waals surface area (Å²) in [6, 6.07) is 17.3. The van der Waals surface area contributed by atoms with Crippen molar-refractivity contribution in [2.75, 3.05) is 4.90 Å². The van der Waals surface area contributed by atoms with Crippen LogP contribution in [0.15, 0.2) is 66.7 Å². The van der Waals surface area contributed by atoms with Gasteiger partial charge in [-0.15, -0.1) is 0 Å². The fourth-order valence-corrected chi connectivity index (χ4v) is 3.43. The highest BCUT2D eigenvalue weighted by Gasteiger charge is 2.35. The molecule has 7 heteroatoms. The van der Waals surface area contributed by atoms with Crippen LogP contribution in [0.4, 0.5) is 11.4 Å². The molecule has 3 aromatic rings. The zero-order valence-electron chi connectivity index (χ0n) is 15.9. The predicted molar refractivity (Wildman–Crippen MR) is 110 cm³/mol. The predicted octanol–water partition coefficient (Wildman–Crippen LogP) is 3.70. The second kappa shape index (κ2) is 7.29. The van der Waals surface area contributed by atoms with Gasteiger partial charge in [0.1, 0.15) is 0 Å². The summed E-state index contributed by atoms with van der Waals surface area (Å²) in [5.74, 6) is -1.70. The van der Waals surface area contributed by atoms with Gasteiger partial charge >= 0.3 is 0 Å².